The highest BCUT2D eigenvalue weighted by molar-refractivity contribution is 7.17. The average molecular weight is 455 g/mol. The number of nitrogens with one attached hydrogen (secondary N) is 1. The molecule has 10 nitrogen and oxygen atoms in total. The average Bonchev–Trinajstić information content (AvgIpc) is 3.38. The van der Waals surface area contributed by atoms with Crippen LogP contribution in [0.5, 0.6) is 0 Å². The first-order valence-corrected chi connectivity index (χ1v) is 11.2. The third-order valence-electron chi connectivity index (χ3n) is 5.53. The highest BCUT2D eigenvalue weighted by Crippen LogP contribution is 2.27. The van der Waals surface area contributed by atoms with E-state index < -0.39 is 0 Å². The molecule has 1 fully saturated rings. The van der Waals surface area contributed by atoms with Gasteiger partial charge in [0.25, 0.3) is 5.91 Å². The molecule has 11 heteroatoms. The van der Waals surface area contributed by atoms with E-state index in [1.165, 1.54) is 16.2 Å². The van der Waals surface area contributed by atoms with Gasteiger partial charge in [0, 0.05) is 51.6 Å². The van der Waals surface area contributed by atoms with Crippen molar-refractivity contribution < 1.29 is 9.59 Å². The Morgan fingerprint density at radius 2 is 1.84 bits per heavy atom. The molecule has 0 radical (unpaired) electrons. The minimum absolute atomic E-state index is 0.0559. The Morgan fingerprint density at radius 1 is 1.12 bits per heavy atom. The van der Waals surface area contributed by atoms with Crippen LogP contribution >= 0.6 is 11.3 Å². The molecule has 4 heterocycles. The fourth-order valence-electron chi connectivity index (χ4n) is 3.69. The lowest BCUT2D eigenvalue weighted by atomic mass is 9.96. The summed E-state index contributed by atoms with van der Waals surface area (Å²) in [4.78, 5) is 46.6. The highest BCUT2D eigenvalue weighted by Gasteiger charge is 2.27. The minimum atomic E-state index is -0.111. The lowest BCUT2D eigenvalue weighted by Crippen LogP contribution is -2.38. The van der Waals surface area contributed by atoms with Gasteiger partial charge in [-0.05, 0) is 26.7 Å². The number of aromatic nitrogens is 5. The van der Waals surface area contributed by atoms with Crippen molar-refractivity contribution in [3.05, 3.63) is 41.2 Å². The largest absolute Gasteiger partial charge is 0.356 e. The Balaban J connectivity index is 1.37. The zero-order valence-corrected chi connectivity index (χ0v) is 19.4. The summed E-state index contributed by atoms with van der Waals surface area (Å²) in [5.74, 6) is 2.19. The number of carbonyl (C=O) groups is 2. The molecule has 0 aromatic carbocycles. The summed E-state index contributed by atoms with van der Waals surface area (Å²) in [5.41, 5.74) is 0.631. The first kappa shape index (κ1) is 21.9. The number of piperidine rings is 1. The Morgan fingerprint density at radius 3 is 2.50 bits per heavy atom. The van der Waals surface area contributed by atoms with Gasteiger partial charge in [-0.2, -0.15) is 0 Å². The summed E-state index contributed by atoms with van der Waals surface area (Å²) in [6.07, 6.45) is 6.59. The van der Waals surface area contributed by atoms with Gasteiger partial charge in [0.05, 0.1) is 5.69 Å². The maximum atomic E-state index is 12.8. The molecule has 4 rings (SSSR count). The second-order valence-corrected chi connectivity index (χ2v) is 8.96. The summed E-state index contributed by atoms with van der Waals surface area (Å²) in [6, 6.07) is 1.94. The van der Waals surface area contributed by atoms with Crippen molar-refractivity contribution in [3.63, 3.8) is 0 Å². The Hall–Kier alpha value is -3.34. The molecule has 0 bridgehead atoms. The number of aryl methyl sites for hydroxylation is 2. The summed E-state index contributed by atoms with van der Waals surface area (Å²) in [6.45, 7) is 5.15. The molecule has 168 valence electrons. The molecule has 3 aromatic heterocycles. The molecule has 0 aliphatic carbocycles. The highest BCUT2D eigenvalue weighted by atomic mass is 32.1. The van der Waals surface area contributed by atoms with Gasteiger partial charge in [0.15, 0.2) is 5.13 Å². The van der Waals surface area contributed by atoms with Gasteiger partial charge >= 0.3 is 0 Å². The van der Waals surface area contributed by atoms with Crippen LogP contribution in [-0.4, -0.2) is 68.4 Å². The standard InChI is InChI=1S/C21H26N8O2S/c1-13-18(20(31)27(3)4)32-21(25-13)26-19(30)15-5-8-28(9-6-15)16-11-17(24-12-23-16)29-10-7-22-14(29)2/h7,10-12,15H,5-6,8-9H2,1-4H3,(H,25,26,30). The van der Waals surface area contributed by atoms with E-state index in [0.717, 1.165) is 30.5 Å². The van der Waals surface area contributed by atoms with Crippen molar-refractivity contribution in [2.24, 2.45) is 5.92 Å². The van der Waals surface area contributed by atoms with Crippen LogP contribution in [0.1, 0.15) is 34.0 Å². The number of rotatable bonds is 5. The number of hydrogen-bond acceptors (Lipinski definition) is 8. The van der Waals surface area contributed by atoms with Crippen LogP contribution in [0.15, 0.2) is 24.8 Å². The topological polar surface area (TPSA) is 109 Å². The van der Waals surface area contributed by atoms with E-state index >= 15 is 0 Å². The van der Waals surface area contributed by atoms with Crippen molar-refractivity contribution in [3.8, 4) is 5.82 Å². The normalized spacial score (nSPS) is 14.4. The third kappa shape index (κ3) is 4.47. The molecule has 0 unspecified atom stereocenters. The molecule has 0 saturated carbocycles. The van der Waals surface area contributed by atoms with Gasteiger partial charge in [-0.15, -0.1) is 0 Å². The number of anilines is 2. The SMILES string of the molecule is Cc1nc(NC(=O)C2CCN(c3cc(-n4ccnc4C)ncn3)CC2)sc1C(=O)N(C)C. The summed E-state index contributed by atoms with van der Waals surface area (Å²) >= 11 is 1.22. The van der Waals surface area contributed by atoms with Gasteiger partial charge in [-0.3, -0.25) is 14.2 Å². The molecule has 0 spiro atoms. The molecule has 2 amide bonds. The molecule has 1 aliphatic heterocycles. The van der Waals surface area contributed by atoms with Crippen LogP contribution in [0.3, 0.4) is 0 Å². The third-order valence-corrected chi connectivity index (χ3v) is 6.59. The number of amides is 2. The van der Waals surface area contributed by atoms with Gasteiger partial charge in [0.1, 0.15) is 28.7 Å². The molecular formula is C21H26N8O2S. The van der Waals surface area contributed by atoms with Crippen LogP contribution in [0, 0.1) is 19.8 Å². The van der Waals surface area contributed by atoms with Gasteiger partial charge in [-0.1, -0.05) is 11.3 Å². The second kappa shape index (κ2) is 9.03. The maximum absolute atomic E-state index is 12.8. The molecular weight excluding hydrogens is 428 g/mol. The molecule has 1 N–H and O–H groups in total. The summed E-state index contributed by atoms with van der Waals surface area (Å²) in [5, 5.41) is 3.37. The Labute approximate surface area is 190 Å². The zero-order valence-electron chi connectivity index (χ0n) is 18.6. The number of hydrogen-bond donors (Lipinski definition) is 1. The number of carbonyl (C=O) groups excluding carboxylic acids is 2. The van der Waals surface area contributed by atoms with Crippen LogP contribution < -0.4 is 10.2 Å². The maximum Gasteiger partial charge on any atom is 0.265 e. The fraction of sp³-hybridized carbons (Fsp3) is 0.429. The van der Waals surface area contributed by atoms with Crippen LogP contribution in [0.25, 0.3) is 5.82 Å². The number of thiazole rings is 1. The van der Waals surface area contributed by atoms with Crippen molar-refractivity contribution in [2.45, 2.75) is 26.7 Å². The van der Waals surface area contributed by atoms with E-state index in [1.54, 1.807) is 33.5 Å². The van der Waals surface area contributed by atoms with Gasteiger partial charge in [0.2, 0.25) is 5.91 Å². The predicted octanol–water partition coefficient (Wildman–Crippen LogP) is 2.29. The van der Waals surface area contributed by atoms with Crippen LogP contribution in [0.4, 0.5) is 10.9 Å². The van der Waals surface area contributed by atoms with E-state index in [4.69, 9.17) is 0 Å². The van der Waals surface area contributed by atoms with E-state index in [0.29, 0.717) is 28.5 Å². The number of nitrogens with zero attached hydrogens (tertiary/aromatic N) is 7. The van der Waals surface area contributed by atoms with Crippen molar-refractivity contribution in [1.82, 2.24) is 29.4 Å². The predicted molar refractivity (Wildman–Crippen MR) is 122 cm³/mol. The van der Waals surface area contributed by atoms with Crippen LogP contribution in [-0.2, 0) is 4.79 Å². The van der Waals surface area contributed by atoms with E-state index in [9.17, 15) is 9.59 Å². The quantitative estimate of drug-likeness (QED) is 0.630. The Bertz CT molecular complexity index is 1130. The Kier molecular flexibility index (Phi) is 6.17. The monoisotopic (exact) mass is 454 g/mol. The van der Waals surface area contributed by atoms with E-state index in [1.807, 2.05) is 23.8 Å². The lowest BCUT2D eigenvalue weighted by Gasteiger charge is -2.32. The summed E-state index contributed by atoms with van der Waals surface area (Å²) < 4.78 is 1.91. The molecule has 3 aromatic rings. The summed E-state index contributed by atoms with van der Waals surface area (Å²) in [7, 11) is 3.40. The molecule has 32 heavy (non-hydrogen) atoms. The molecule has 0 atom stereocenters. The first-order chi connectivity index (χ1) is 15.3. The number of imidazole rings is 1. The molecule has 1 aliphatic rings. The van der Waals surface area contributed by atoms with Gasteiger partial charge < -0.3 is 15.1 Å². The van der Waals surface area contributed by atoms with E-state index in [-0.39, 0.29) is 17.7 Å². The first-order valence-electron chi connectivity index (χ1n) is 10.4. The fourth-order valence-corrected chi connectivity index (χ4v) is 4.68. The van der Waals surface area contributed by atoms with E-state index in [2.05, 4.69) is 30.2 Å². The van der Waals surface area contributed by atoms with Crippen LogP contribution in [0.2, 0.25) is 0 Å². The minimum Gasteiger partial charge on any atom is -0.356 e. The zero-order chi connectivity index (χ0) is 22.8. The van der Waals surface area contributed by atoms with Crippen molar-refractivity contribution in [1.29, 1.82) is 0 Å². The second-order valence-electron chi connectivity index (χ2n) is 7.96. The lowest BCUT2D eigenvalue weighted by molar-refractivity contribution is -0.120. The van der Waals surface area contributed by atoms with Gasteiger partial charge in [-0.25, -0.2) is 19.9 Å². The van der Waals surface area contributed by atoms with Crippen molar-refractivity contribution >= 4 is 34.1 Å². The smallest absolute Gasteiger partial charge is 0.265 e. The molecule has 1 saturated heterocycles. The van der Waals surface area contributed by atoms with Crippen molar-refractivity contribution in [2.75, 3.05) is 37.4 Å².